The molecule has 0 aliphatic heterocycles. The Balaban J connectivity index is 3.27. The Kier molecular flexibility index (Phi) is 3.62. The average molecular weight is 218 g/mol. The quantitative estimate of drug-likeness (QED) is 0.575. The summed E-state index contributed by atoms with van der Waals surface area (Å²) in [7, 11) is 0. The maximum absolute atomic E-state index is 10.7. The van der Waals surface area contributed by atoms with Crippen LogP contribution < -0.4 is 0 Å². The Morgan fingerprint density at radius 2 is 2.06 bits per heavy atom. The van der Waals surface area contributed by atoms with Crippen molar-refractivity contribution in [2.75, 3.05) is 0 Å². The van der Waals surface area contributed by atoms with Gasteiger partial charge in [-0.2, -0.15) is 5.26 Å². The van der Waals surface area contributed by atoms with E-state index in [2.05, 4.69) is 6.07 Å². The fraction of sp³-hybridized carbons (Fsp3) is 0.417. The minimum Gasteiger partial charge on any atom is -0.258 e. The highest BCUT2D eigenvalue weighted by atomic mass is 16.6. The van der Waals surface area contributed by atoms with Crippen molar-refractivity contribution < 1.29 is 4.92 Å². The number of nitro groups is 1. The molecule has 0 fully saturated rings. The Morgan fingerprint density at radius 1 is 1.44 bits per heavy atom. The minimum absolute atomic E-state index is 0.0408. The summed E-state index contributed by atoms with van der Waals surface area (Å²) in [5.74, 6) is 0. The largest absolute Gasteiger partial charge is 0.269 e. The second-order valence-corrected chi connectivity index (χ2v) is 3.71. The number of benzene rings is 1. The molecule has 0 radical (unpaired) electrons. The first-order valence-electron chi connectivity index (χ1n) is 5.26. The maximum atomic E-state index is 10.7. The van der Waals surface area contributed by atoms with Gasteiger partial charge in [0.25, 0.3) is 5.69 Å². The van der Waals surface area contributed by atoms with E-state index in [1.54, 1.807) is 12.1 Å². The molecule has 0 aromatic heterocycles. The topological polar surface area (TPSA) is 66.9 Å². The highest BCUT2D eigenvalue weighted by molar-refractivity contribution is 5.41. The highest BCUT2D eigenvalue weighted by Gasteiger charge is 2.29. The van der Waals surface area contributed by atoms with Crippen LogP contribution in [-0.2, 0) is 5.41 Å². The van der Waals surface area contributed by atoms with Crippen molar-refractivity contribution in [2.45, 2.75) is 32.1 Å². The lowest BCUT2D eigenvalue weighted by Gasteiger charge is -2.23. The Labute approximate surface area is 94.7 Å². The molecular formula is C12H14N2O2. The van der Waals surface area contributed by atoms with Gasteiger partial charge in [-0.15, -0.1) is 0 Å². The van der Waals surface area contributed by atoms with Gasteiger partial charge in [-0.05, 0) is 18.4 Å². The van der Waals surface area contributed by atoms with Crippen molar-refractivity contribution in [3.8, 4) is 6.07 Å². The standard InChI is InChI=1S/C12H14N2O2/c1-3-12(4-2,9-13)10-6-5-7-11(8-10)14(15)16/h5-8H,3-4H2,1-2H3. The predicted octanol–water partition coefficient (Wildman–Crippen LogP) is 3.18. The van der Waals surface area contributed by atoms with Gasteiger partial charge in [-0.1, -0.05) is 26.0 Å². The van der Waals surface area contributed by atoms with Crippen molar-refractivity contribution in [3.63, 3.8) is 0 Å². The average Bonchev–Trinajstić information content (AvgIpc) is 2.32. The molecule has 0 bridgehead atoms. The summed E-state index contributed by atoms with van der Waals surface area (Å²) in [6.45, 7) is 3.84. The normalized spacial score (nSPS) is 10.8. The number of non-ortho nitro benzene ring substituents is 1. The van der Waals surface area contributed by atoms with Crippen molar-refractivity contribution in [2.24, 2.45) is 0 Å². The van der Waals surface area contributed by atoms with Crippen LogP contribution in [0.3, 0.4) is 0 Å². The second kappa shape index (κ2) is 4.75. The molecule has 1 aromatic rings. The molecule has 0 saturated carbocycles. The molecule has 0 atom stereocenters. The highest BCUT2D eigenvalue weighted by Crippen LogP contribution is 2.32. The lowest BCUT2D eigenvalue weighted by atomic mass is 9.77. The van der Waals surface area contributed by atoms with Crippen LogP contribution in [0.4, 0.5) is 5.69 Å². The van der Waals surface area contributed by atoms with E-state index in [0.717, 1.165) is 5.56 Å². The molecule has 4 heteroatoms. The van der Waals surface area contributed by atoms with Gasteiger partial charge in [0.05, 0.1) is 16.4 Å². The van der Waals surface area contributed by atoms with Gasteiger partial charge < -0.3 is 0 Å². The zero-order valence-corrected chi connectivity index (χ0v) is 9.43. The molecule has 84 valence electrons. The summed E-state index contributed by atoms with van der Waals surface area (Å²) >= 11 is 0. The molecule has 0 unspecified atom stereocenters. The third-order valence-electron chi connectivity index (χ3n) is 3.03. The number of nitro benzene ring substituents is 1. The van der Waals surface area contributed by atoms with Crippen molar-refractivity contribution >= 4 is 5.69 Å². The van der Waals surface area contributed by atoms with E-state index < -0.39 is 10.3 Å². The molecule has 1 rings (SSSR count). The molecule has 0 aliphatic rings. The molecular weight excluding hydrogens is 204 g/mol. The number of rotatable bonds is 4. The zero-order chi connectivity index (χ0) is 12.2. The third-order valence-corrected chi connectivity index (χ3v) is 3.03. The molecule has 0 amide bonds. The van der Waals surface area contributed by atoms with E-state index >= 15 is 0 Å². The smallest absolute Gasteiger partial charge is 0.258 e. The Bertz CT molecular complexity index is 431. The molecule has 0 heterocycles. The monoisotopic (exact) mass is 218 g/mol. The van der Waals surface area contributed by atoms with Crippen LogP contribution >= 0.6 is 0 Å². The van der Waals surface area contributed by atoms with E-state index in [-0.39, 0.29) is 5.69 Å². The van der Waals surface area contributed by atoms with E-state index in [4.69, 9.17) is 0 Å². The van der Waals surface area contributed by atoms with Crippen LogP contribution in [0.15, 0.2) is 24.3 Å². The van der Waals surface area contributed by atoms with Crippen LogP contribution in [0.5, 0.6) is 0 Å². The van der Waals surface area contributed by atoms with Crippen molar-refractivity contribution in [1.29, 1.82) is 5.26 Å². The summed E-state index contributed by atoms with van der Waals surface area (Å²) in [5, 5.41) is 19.9. The Hall–Kier alpha value is -1.89. The van der Waals surface area contributed by atoms with Crippen LogP contribution in [-0.4, -0.2) is 4.92 Å². The molecule has 4 nitrogen and oxygen atoms in total. The van der Waals surface area contributed by atoms with Gasteiger partial charge >= 0.3 is 0 Å². The second-order valence-electron chi connectivity index (χ2n) is 3.71. The van der Waals surface area contributed by atoms with E-state index in [1.807, 2.05) is 13.8 Å². The maximum Gasteiger partial charge on any atom is 0.269 e. The van der Waals surface area contributed by atoms with Gasteiger partial charge in [-0.3, -0.25) is 10.1 Å². The minimum atomic E-state index is -0.605. The van der Waals surface area contributed by atoms with E-state index in [0.29, 0.717) is 12.8 Å². The lowest BCUT2D eigenvalue weighted by molar-refractivity contribution is -0.385. The summed E-state index contributed by atoms with van der Waals surface area (Å²) < 4.78 is 0. The predicted molar refractivity (Wildman–Crippen MR) is 61.0 cm³/mol. The molecule has 1 aromatic carbocycles. The van der Waals surface area contributed by atoms with Gasteiger partial charge in [0.1, 0.15) is 0 Å². The van der Waals surface area contributed by atoms with Crippen LogP contribution in [0.25, 0.3) is 0 Å². The van der Waals surface area contributed by atoms with Gasteiger partial charge in [0, 0.05) is 12.1 Å². The molecule has 0 N–H and O–H groups in total. The van der Waals surface area contributed by atoms with Crippen molar-refractivity contribution in [3.05, 3.63) is 39.9 Å². The lowest BCUT2D eigenvalue weighted by Crippen LogP contribution is -2.21. The molecule has 0 spiro atoms. The molecule has 16 heavy (non-hydrogen) atoms. The summed E-state index contributed by atoms with van der Waals surface area (Å²) in [4.78, 5) is 10.2. The fourth-order valence-electron chi connectivity index (χ4n) is 1.80. The Morgan fingerprint density at radius 3 is 2.50 bits per heavy atom. The van der Waals surface area contributed by atoms with Crippen LogP contribution in [0.1, 0.15) is 32.3 Å². The zero-order valence-electron chi connectivity index (χ0n) is 9.43. The SMILES string of the molecule is CCC(C#N)(CC)c1cccc([N+](=O)[O-])c1. The van der Waals surface area contributed by atoms with Gasteiger partial charge in [-0.25, -0.2) is 0 Å². The fourth-order valence-corrected chi connectivity index (χ4v) is 1.80. The van der Waals surface area contributed by atoms with E-state index in [9.17, 15) is 15.4 Å². The number of hydrogen-bond donors (Lipinski definition) is 0. The van der Waals surface area contributed by atoms with Crippen molar-refractivity contribution in [1.82, 2.24) is 0 Å². The molecule has 0 aliphatic carbocycles. The van der Waals surface area contributed by atoms with Gasteiger partial charge in [0.2, 0.25) is 0 Å². The summed E-state index contributed by atoms with van der Waals surface area (Å²) in [5.41, 5.74) is 0.166. The summed E-state index contributed by atoms with van der Waals surface area (Å²) in [6, 6.07) is 8.62. The number of nitriles is 1. The first kappa shape index (κ1) is 12.2. The summed E-state index contributed by atoms with van der Waals surface area (Å²) in [6.07, 6.45) is 1.31. The number of hydrogen-bond acceptors (Lipinski definition) is 3. The molecule has 0 saturated heterocycles. The first-order valence-corrected chi connectivity index (χ1v) is 5.26. The third kappa shape index (κ3) is 2.03. The van der Waals surface area contributed by atoms with Gasteiger partial charge in [0.15, 0.2) is 0 Å². The number of nitrogens with zero attached hydrogens (tertiary/aromatic N) is 2. The van der Waals surface area contributed by atoms with E-state index in [1.165, 1.54) is 12.1 Å². The van der Waals surface area contributed by atoms with Crippen LogP contribution in [0.2, 0.25) is 0 Å². The first-order chi connectivity index (χ1) is 7.59. The van der Waals surface area contributed by atoms with Crippen LogP contribution in [0, 0.1) is 21.4 Å².